The van der Waals surface area contributed by atoms with Gasteiger partial charge < -0.3 is 5.73 Å². The molecule has 1 saturated heterocycles. The molecule has 1 rings (SSSR count). The van der Waals surface area contributed by atoms with Crippen LogP contribution in [0.1, 0.15) is 39.5 Å². The Balaban J connectivity index is 2.49. The third-order valence-corrected chi connectivity index (χ3v) is 3.20. The lowest BCUT2D eigenvalue weighted by Gasteiger charge is -2.38. The molecule has 0 aromatic heterocycles. The highest BCUT2D eigenvalue weighted by Crippen LogP contribution is 2.20. The summed E-state index contributed by atoms with van der Waals surface area (Å²) in [4.78, 5) is 2.51. The largest absolute Gasteiger partial charge is 0.327 e. The van der Waals surface area contributed by atoms with E-state index in [1.807, 2.05) is 0 Å². The van der Waals surface area contributed by atoms with Gasteiger partial charge in [0.2, 0.25) is 0 Å². The molecule has 0 saturated carbocycles. The second-order valence-corrected chi connectivity index (χ2v) is 4.50. The Kier molecular flexibility index (Phi) is 4.63. The van der Waals surface area contributed by atoms with E-state index in [1.54, 1.807) is 0 Å². The Morgan fingerprint density at radius 3 is 2.86 bits per heavy atom. The van der Waals surface area contributed by atoms with E-state index in [1.165, 1.54) is 31.4 Å². The highest BCUT2D eigenvalue weighted by molar-refractivity contribution is 4.98. The molecule has 0 bridgehead atoms. The van der Waals surface area contributed by atoms with Gasteiger partial charge in [-0.2, -0.15) is 0 Å². The van der Waals surface area contributed by atoms with Crippen molar-refractivity contribution in [2.45, 2.75) is 51.6 Å². The van der Waals surface area contributed by atoms with Crippen LogP contribution < -0.4 is 5.73 Å². The van der Waals surface area contributed by atoms with Crippen molar-refractivity contribution in [2.75, 3.05) is 13.1 Å². The first kappa shape index (κ1) is 11.7. The molecule has 1 heterocycles. The minimum atomic E-state index is 0.292. The smallest absolute Gasteiger partial charge is 0.0247 e. The second kappa shape index (κ2) is 5.52. The van der Waals surface area contributed by atoms with Gasteiger partial charge in [-0.05, 0) is 32.7 Å². The van der Waals surface area contributed by atoms with E-state index >= 15 is 0 Å². The van der Waals surface area contributed by atoms with Crippen LogP contribution in [0.2, 0.25) is 0 Å². The molecule has 1 aliphatic rings. The van der Waals surface area contributed by atoms with E-state index in [2.05, 4.69) is 25.3 Å². The fourth-order valence-corrected chi connectivity index (χ4v) is 2.21. The highest BCUT2D eigenvalue weighted by Gasteiger charge is 2.24. The van der Waals surface area contributed by atoms with Crippen molar-refractivity contribution in [3.63, 3.8) is 0 Å². The minimum Gasteiger partial charge on any atom is -0.327 e. The zero-order valence-electron chi connectivity index (χ0n) is 9.63. The van der Waals surface area contributed by atoms with Gasteiger partial charge in [0.15, 0.2) is 0 Å². The van der Waals surface area contributed by atoms with Gasteiger partial charge in [0.1, 0.15) is 0 Å². The molecule has 2 heteroatoms. The summed E-state index contributed by atoms with van der Waals surface area (Å²) < 4.78 is 0. The number of nitrogens with zero attached hydrogens (tertiary/aromatic N) is 1. The van der Waals surface area contributed by atoms with Crippen LogP contribution >= 0.6 is 0 Å². The van der Waals surface area contributed by atoms with Gasteiger partial charge >= 0.3 is 0 Å². The third kappa shape index (κ3) is 3.10. The van der Waals surface area contributed by atoms with E-state index in [-0.39, 0.29) is 0 Å². The van der Waals surface area contributed by atoms with Gasteiger partial charge in [-0.25, -0.2) is 0 Å². The fourth-order valence-electron chi connectivity index (χ4n) is 2.21. The number of rotatable bonds is 4. The molecule has 0 amide bonds. The van der Waals surface area contributed by atoms with Crippen molar-refractivity contribution in [1.29, 1.82) is 0 Å². The number of piperidine rings is 1. The molecule has 2 N–H and O–H groups in total. The van der Waals surface area contributed by atoms with Gasteiger partial charge in [0.05, 0.1) is 0 Å². The number of likely N-dealkylation sites (tertiary alicyclic amines) is 1. The first-order chi connectivity index (χ1) is 6.65. The molecule has 0 radical (unpaired) electrons. The monoisotopic (exact) mass is 196 g/mol. The molecule has 1 aliphatic heterocycles. The van der Waals surface area contributed by atoms with E-state index in [4.69, 9.17) is 5.73 Å². The lowest BCUT2D eigenvalue weighted by atomic mass is 9.96. The standard InChI is InChI=1S/C12H24N2/c1-4-10(2)9-14-8-6-5-7-12(14)11(3)13/h11-12H,2,4-9,13H2,1,3H3. The predicted octanol–water partition coefficient (Wildman–Crippen LogP) is 2.15. The van der Waals surface area contributed by atoms with Crippen molar-refractivity contribution in [3.05, 3.63) is 12.2 Å². The third-order valence-electron chi connectivity index (χ3n) is 3.20. The summed E-state index contributed by atoms with van der Waals surface area (Å²) in [6, 6.07) is 0.868. The maximum Gasteiger partial charge on any atom is 0.0247 e. The van der Waals surface area contributed by atoms with Gasteiger partial charge in [-0.1, -0.05) is 25.5 Å². The van der Waals surface area contributed by atoms with Gasteiger partial charge in [0, 0.05) is 18.6 Å². The van der Waals surface area contributed by atoms with Crippen LogP contribution in [0.3, 0.4) is 0 Å². The first-order valence-corrected chi connectivity index (χ1v) is 5.81. The van der Waals surface area contributed by atoms with Crippen LogP contribution in [0.15, 0.2) is 12.2 Å². The van der Waals surface area contributed by atoms with E-state index in [0.717, 1.165) is 13.0 Å². The second-order valence-electron chi connectivity index (χ2n) is 4.50. The zero-order valence-corrected chi connectivity index (χ0v) is 9.63. The summed E-state index contributed by atoms with van der Waals surface area (Å²) in [7, 11) is 0. The Morgan fingerprint density at radius 1 is 1.57 bits per heavy atom. The van der Waals surface area contributed by atoms with Crippen LogP contribution in [-0.4, -0.2) is 30.1 Å². The SMILES string of the molecule is C=C(CC)CN1CCCCC1C(C)N. The Morgan fingerprint density at radius 2 is 2.29 bits per heavy atom. The number of nitrogens with two attached hydrogens (primary N) is 1. The van der Waals surface area contributed by atoms with E-state index < -0.39 is 0 Å². The van der Waals surface area contributed by atoms with Crippen LogP contribution in [0, 0.1) is 0 Å². The quantitative estimate of drug-likeness (QED) is 0.698. The maximum atomic E-state index is 6.00. The minimum absolute atomic E-state index is 0.292. The molecule has 0 spiro atoms. The molecule has 82 valence electrons. The molecule has 0 aromatic carbocycles. The summed E-state index contributed by atoms with van der Waals surface area (Å²) >= 11 is 0. The molecule has 1 fully saturated rings. The molecule has 2 nitrogen and oxygen atoms in total. The van der Waals surface area contributed by atoms with Crippen LogP contribution in [-0.2, 0) is 0 Å². The van der Waals surface area contributed by atoms with Crippen molar-refractivity contribution in [1.82, 2.24) is 4.90 Å². The molecule has 2 unspecified atom stereocenters. The summed E-state index contributed by atoms with van der Waals surface area (Å²) in [5.41, 5.74) is 7.33. The number of hydrogen-bond donors (Lipinski definition) is 1. The van der Waals surface area contributed by atoms with Gasteiger partial charge in [-0.15, -0.1) is 0 Å². The fraction of sp³-hybridized carbons (Fsp3) is 0.833. The first-order valence-electron chi connectivity index (χ1n) is 5.81. The lowest BCUT2D eigenvalue weighted by molar-refractivity contribution is 0.142. The Bertz CT molecular complexity index is 187. The number of hydrogen-bond acceptors (Lipinski definition) is 2. The van der Waals surface area contributed by atoms with Crippen LogP contribution in [0.5, 0.6) is 0 Å². The topological polar surface area (TPSA) is 29.3 Å². The maximum absolute atomic E-state index is 6.00. The normalized spacial score (nSPS) is 26.1. The Hall–Kier alpha value is -0.340. The summed E-state index contributed by atoms with van der Waals surface area (Å²) in [5, 5.41) is 0. The van der Waals surface area contributed by atoms with Crippen LogP contribution in [0.25, 0.3) is 0 Å². The van der Waals surface area contributed by atoms with E-state index in [9.17, 15) is 0 Å². The van der Waals surface area contributed by atoms with Crippen molar-refractivity contribution in [3.8, 4) is 0 Å². The summed E-state index contributed by atoms with van der Waals surface area (Å²) in [6.07, 6.45) is 5.00. The molecular formula is C12H24N2. The van der Waals surface area contributed by atoms with E-state index in [0.29, 0.717) is 12.1 Å². The van der Waals surface area contributed by atoms with Crippen LogP contribution in [0.4, 0.5) is 0 Å². The average Bonchev–Trinajstić information content (AvgIpc) is 2.18. The van der Waals surface area contributed by atoms with Crippen molar-refractivity contribution in [2.24, 2.45) is 5.73 Å². The molecule has 2 atom stereocenters. The molecule has 0 aromatic rings. The molecular weight excluding hydrogens is 172 g/mol. The lowest BCUT2D eigenvalue weighted by Crippen LogP contribution is -2.49. The zero-order chi connectivity index (χ0) is 10.6. The summed E-state index contributed by atoms with van der Waals surface area (Å²) in [5.74, 6) is 0. The molecule has 14 heavy (non-hydrogen) atoms. The van der Waals surface area contributed by atoms with Crippen molar-refractivity contribution >= 4 is 0 Å². The molecule has 0 aliphatic carbocycles. The average molecular weight is 196 g/mol. The Labute approximate surface area is 88.2 Å². The van der Waals surface area contributed by atoms with Gasteiger partial charge in [0.25, 0.3) is 0 Å². The predicted molar refractivity (Wildman–Crippen MR) is 62.3 cm³/mol. The van der Waals surface area contributed by atoms with Crippen molar-refractivity contribution < 1.29 is 0 Å². The highest BCUT2D eigenvalue weighted by atomic mass is 15.2. The summed E-state index contributed by atoms with van der Waals surface area (Å²) in [6.45, 7) is 10.6. The van der Waals surface area contributed by atoms with Gasteiger partial charge in [-0.3, -0.25) is 4.90 Å².